The van der Waals surface area contributed by atoms with E-state index in [1.807, 2.05) is 0 Å². The zero-order valence-corrected chi connectivity index (χ0v) is 114. The molecule has 2 heterocycles. The fourth-order valence-corrected chi connectivity index (χ4v) is 60.7. The van der Waals surface area contributed by atoms with Crippen LogP contribution < -0.4 is 34.1 Å². The smallest absolute Gasteiger partial charge is 0.377 e. The number of rotatable bonds is 98. The first-order valence-electron chi connectivity index (χ1n) is 54.1. The molecule has 2 aromatic heterocycles. The van der Waals surface area contributed by atoms with Crippen LogP contribution in [0.15, 0.2) is 28.8 Å². The van der Waals surface area contributed by atoms with Crippen molar-refractivity contribution in [3.8, 4) is 0 Å². The number of nitrogens with zero attached hydrogens (tertiary/aromatic N) is 6. The van der Waals surface area contributed by atoms with Crippen molar-refractivity contribution in [1.29, 1.82) is 0 Å². The molecule has 0 aliphatic heterocycles. The first-order valence-corrected chi connectivity index (χ1v) is 85.3. The van der Waals surface area contributed by atoms with Crippen LogP contribution in [-0.4, -0.2) is 361 Å². The first-order chi connectivity index (χ1) is 71.6. The molecule has 0 N–H and O–H groups in total. The molecule has 0 aliphatic rings. The molecule has 0 saturated heterocycles. The van der Waals surface area contributed by atoms with Crippen molar-refractivity contribution in [2.75, 3.05) is 213 Å². The molecule has 0 unspecified atom stereocenters. The van der Waals surface area contributed by atoms with E-state index in [0.29, 0.717) is 74.8 Å². The van der Waals surface area contributed by atoms with Gasteiger partial charge in [0.25, 0.3) is 0 Å². The molecule has 0 bridgehead atoms. The molecule has 0 fully saturated rings. The molecular formula is C94H210N6O36Si14. The van der Waals surface area contributed by atoms with Crippen molar-refractivity contribution in [2.45, 2.75) is 365 Å². The summed E-state index contributed by atoms with van der Waals surface area (Å²) in [5, 5.41) is 0. The standard InChI is InChI=1S/C52H117N3O21Si8.C42H93N3O15Si6/c1-20-21-22-33-53-50(56)54(34-23-25-36-77(38-27-44-79(59-2,60-3)61-4,39-28-45-80(62-5,63-6)64-7)40-29-46-81(65-8,66-9)67-10)52(58)55(51(53)57)35-24-26-37-78(41-30-47-82(68-11,69-12)70-13,42-31-48-83(71-14,72-15)73-16)43-32-49-84(74-17,75-18)76-19;1-16-17-18-27-43-40(46)44(28-19-21-30-61(14,32-23-36-63(49-2,50-3)51-4)33-24-37-64(52-5,53-6)54-7)42(48)45(41(43)47)29-20-22-31-62(15,34-25-38-65(55-8,56-9)57-10)35-26-39-66(58-11,59-12)60-13/h20-49H2,1-19H3;16-39H2,1-15H3. The van der Waals surface area contributed by atoms with Crippen LogP contribution >= 0.6 is 0 Å². The Balaban J connectivity index is 0.00000154. The molecule has 56 heteroatoms. The maximum atomic E-state index is 14.7. The van der Waals surface area contributed by atoms with Gasteiger partial charge in [-0.3, -0.25) is 0 Å². The van der Waals surface area contributed by atoms with Crippen LogP contribution in [0.4, 0.5) is 0 Å². The summed E-state index contributed by atoms with van der Waals surface area (Å²) in [6.07, 6.45) is 19.2. The molecule has 2 rings (SSSR count). The summed E-state index contributed by atoms with van der Waals surface area (Å²) < 4.78 is 182. The Morgan fingerprint density at radius 2 is 0.240 bits per heavy atom. The van der Waals surface area contributed by atoms with Crippen LogP contribution in [0.1, 0.15) is 168 Å². The number of hydrogen-bond acceptors (Lipinski definition) is 36. The van der Waals surface area contributed by atoms with Gasteiger partial charge in [0.05, 0.1) is 32.3 Å². The van der Waals surface area contributed by atoms with Crippen LogP contribution in [0.3, 0.4) is 0 Å². The van der Waals surface area contributed by atoms with Gasteiger partial charge in [-0.15, -0.1) is 0 Å². The van der Waals surface area contributed by atoms with Gasteiger partial charge in [0, 0.05) is 313 Å². The SMILES string of the molecule is CCCCCn1c(=O)n(CCCC[Si](C)(CCC[Si](OC)(OC)OC)CCC[Si](OC)(OC)OC)c(=O)n(CCCC[Si](C)(CCC[Si](OC)(OC)OC)CCC[Si](OC)(OC)OC)c1=O.CCCCCn1c(=O)n(CCCC[Si](CCC[Si](OC)(OC)OC)(CCC[Si](OC)(OC)OC)CCC[Si](OC)(OC)OC)c(=O)n(CCCC[Si](CCC[Si](OC)(OC)OC)(CCC[Si](OC)(OC)OC)CCC[Si](OC)(OC)OC)c1=O. The lowest BCUT2D eigenvalue weighted by Crippen LogP contribution is -2.54. The summed E-state index contributed by atoms with van der Waals surface area (Å²) in [7, 11) is 12.8. The van der Waals surface area contributed by atoms with Crippen LogP contribution in [0.5, 0.6) is 0 Å². The van der Waals surface area contributed by atoms with Crippen molar-refractivity contribution >= 4 is 120 Å². The van der Waals surface area contributed by atoms with E-state index in [-0.39, 0.29) is 39.3 Å². The van der Waals surface area contributed by atoms with Gasteiger partial charge >= 0.3 is 122 Å². The molecule has 0 amide bonds. The quantitative estimate of drug-likeness (QED) is 0.0438. The summed E-state index contributed by atoms with van der Waals surface area (Å²) in [6.45, 7) is 10.4. The van der Waals surface area contributed by atoms with E-state index < -0.39 is 154 Å². The zero-order valence-electron chi connectivity index (χ0n) is 99.6. The molecular weight excluding hydrogens is 2180 g/mol. The first kappa shape index (κ1) is 147. The van der Waals surface area contributed by atoms with E-state index in [0.717, 1.165) is 224 Å². The van der Waals surface area contributed by atoms with E-state index in [2.05, 4.69) is 26.9 Å². The summed E-state index contributed by atoms with van der Waals surface area (Å²) in [5.74, 6) is 0. The number of hydrogen-bond donors (Lipinski definition) is 0. The Morgan fingerprint density at radius 1 is 0.140 bits per heavy atom. The van der Waals surface area contributed by atoms with Crippen LogP contribution in [-0.2, 0) is 172 Å². The second kappa shape index (κ2) is 77.3. The Hall–Kier alpha value is -1.34. The van der Waals surface area contributed by atoms with E-state index in [1.165, 1.54) is 27.4 Å². The largest absolute Gasteiger partial charge is 0.500 e. The molecule has 0 saturated carbocycles. The predicted octanol–water partition coefficient (Wildman–Crippen LogP) is 15.6. The van der Waals surface area contributed by atoms with Crippen molar-refractivity contribution in [3.63, 3.8) is 0 Å². The van der Waals surface area contributed by atoms with Gasteiger partial charge in [0.1, 0.15) is 0 Å². The fraction of sp³-hybridized carbons (Fsp3) is 0.936. The van der Waals surface area contributed by atoms with E-state index in [9.17, 15) is 28.8 Å². The lowest BCUT2D eigenvalue weighted by Gasteiger charge is -2.35. The van der Waals surface area contributed by atoms with Crippen molar-refractivity contribution in [1.82, 2.24) is 27.4 Å². The van der Waals surface area contributed by atoms with Crippen LogP contribution in [0.2, 0.25) is 158 Å². The van der Waals surface area contributed by atoms with Crippen molar-refractivity contribution in [2.24, 2.45) is 0 Å². The highest BCUT2D eigenvalue weighted by atomic mass is 28.4. The monoisotopic (exact) mass is 2390 g/mol. The Bertz CT molecular complexity index is 3710. The third kappa shape index (κ3) is 46.5. The normalized spacial score (nSPS) is 13.4. The van der Waals surface area contributed by atoms with E-state index >= 15 is 0 Å². The number of aromatic nitrogens is 6. The Morgan fingerprint density at radius 3 is 0.360 bits per heavy atom. The second-order valence-electron chi connectivity index (χ2n) is 40.0. The van der Waals surface area contributed by atoms with Crippen LogP contribution in [0, 0.1) is 0 Å². The highest BCUT2D eigenvalue weighted by Crippen LogP contribution is 2.42. The summed E-state index contributed by atoms with van der Waals surface area (Å²) in [4.78, 5) is 85.7. The lowest BCUT2D eigenvalue weighted by molar-refractivity contribution is 0.122. The predicted molar refractivity (Wildman–Crippen MR) is 619 cm³/mol. The maximum absolute atomic E-state index is 14.7. The van der Waals surface area contributed by atoms with Gasteiger partial charge in [-0.05, 0) is 38.5 Å². The second-order valence-corrected chi connectivity index (χ2v) is 91.1. The minimum absolute atomic E-state index is 0.180. The highest BCUT2D eigenvalue weighted by Gasteiger charge is 2.49. The highest BCUT2D eigenvalue weighted by molar-refractivity contribution is 6.81. The van der Waals surface area contributed by atoms with Gasteiger partial charge in [0.15, 0.2) is 0 Å². The molecule has 0 aromatic carbocycles. The average molecular weight is 2390 g/mol. The van der Waals surface area contributed by atoms with Gasteiger partial charge in [0.2, 0.25) is 0 Å². The molecule has 0 spiro atoms. The van der Waals surface area contributed by atoms with Gasteiger partial charge < -0.3 is 133 Å². The fourth-order valence-electron chi connectivity index (χ4n) is 21.6. The topological polar surface area (TPSA) is 409 Å². The maximum Gasteiger partial charge on any atom is 0.500 e. The lowest BCUT2D eigenvalue weighted by atomic mass is 10.2. The van der Waals surface area contributed by atoms with Crippen molar-refractivity contribution in [3.05, 3.63) is 62.9 Å². The Kier molecular flexibility index (Phi) is 75.6. The minimum atomic E-state index is -2.89. The minimum Gasteiger partial charge on any atom is -0.377 e. The van der Waals surface area contributed by atoms with Crippen LogP contribution in [0.25, 0.3) is 0 Å². The molecule has 0 aliphatic carbocycles. The van der Waals surface area contributed by atoms with Gasteiger partial charge in [-0.2, -0.15) is 0 Å². The average Bonchev–Trinajstić information content (AvgIpc) is 0.784. The third-order valence-corrected chi connectivity index (χ3v) is 80.8. The number of unbranched alkanes of at least 4 members (excludes halogenated alkanes) is 8. The van der Waals surface area contributed by atoms with E-state index in [4.69, 9.17) is 133 Å². The third-order valence-electron chi connectivity index (χ3n) is 31.8. The summed E-state index contributed by atoms with van der Waals surface area (Å²) >= 11 is 0. The summed E-state index contributed by atoms with van der Waals surface area (Å²) in [5.41, 5.74) is -3.22. The van der Waals surface area contributed by atoms with Gasteiger partial charge in [-0.25, -0.2) is 56.2 Å². The molecule has 888 valence electrons. The molecule has 0 atom stereocenters. The van der Waals surface area contributed by atoms with Crippen molar-refractivity contribution < 1.29 is 133 Å². The summed E-state index contributed by atoms with van der Waals surface area (Å²) in [6, 6.07) is 20.6. The van der Waals surface area contributed by atoms with E-state index in [1.54, 1.807) is 213 Å². The molecule has 150 heavy (non-hydrogen) atoms. The van der Waals surface area contributed by atoms with Gasteiger partial charge in [-0.1, -0.05) is 227 Å². The molecule has 2 aromatic rings. The zero-order chi connectivity index (χ0) is 113. The molecule has 42 nitrogen and oxygen atoms in total. The Labute approximate surface area is 916 Å². The molecule has 0 radical (unpaired) electrons.